The Bertz CT molecular complexity index is 378. The third-order valence-electron chi connectivity index (χ3n) is 2.66. The molecule has 5 nitrogen and oxygen atoms in total. The summed E-state index contributed by atoms with van der Waals surface area (Å²) in [6.45, 7) is 4.01. The summed E-state index contributed by atoms with van der Waals surface area (Å²) in [6, 6.07) is 7.42. The van der Waals surface area contributed by atoms with Crippen molar-refractivity contribution < 1.29 is 19.4 Å². The summed E-state index contributed by atoms with van der Waals surface area (Å²) in [5, 5.41) is 12.1. The Morgan fingerprint density at radius 1 is 1.37 bits per heavy atom. The van der Waals surface area contributed by atoms with Crippen LogP contribution in [-0.4, -0.2) is 37.4 Å². The molecule has 5 heteroatoms. The smallest absolute Gasteiger partial charge is 0.344 e. The molecule has 1 rings (SSSR count). The molecule has 0 heterocycles. The van der Waals surface area contributed by atoms with Crippen molar-refractivity contribution in [2.75, 3.05) is 20.3 Å². The van der Waals surface area contributed by atoms with Gasteiger partial charge in [0.25, 0.3) is 0 Å². The minimum absolute atomic E-state index is 0.440. The highest BCUT2D eigenvalue weighted by molar-refractivity contribution is 5.72. The summed E-state index contributed by atoms with van der Waals surface area (Å²) >= 11 is 0. The molecular weight excluding hydrogens is 246 g/mol. The molecule has 0 aromatic heterocycles. The van der Waals surface area contributed by atoms with E-state index in [2.05, 4.69) is 5.32 Å². The van der Waals surface area contributed by atoms with Gasteiger partial charge < -0.3 is 19.9 Å². The maximum atomic E-state index is 10.9. The highest BCUT2D eigenvalue weighted by Gasteiger charge is 2.16. The second kappa shape index (κ2) is 8.50. The van der Waals surface area contributed by atoms with Crippen molar-refractivity contribution in [3.8, 4) is 5.75 Å². The number of rotatable bonds is 9. The van der Waals surface area contributed by atoms with Crippen molar-refractivity contribution in [3.63, 3.8) is 0 Å². The molecule has 0 spiro atoms. The molecule has 0 saturated carbocycles. The second-order valence-corrected chi connectivity index (χ2v) is 4.17. The lowest BCUT2D eigenvalue weighted by atomic mass is 10.2. The number of carbonyl (C=O) groups is 1. The predicted molar refractivity (Wildman–Crippen MR) is 72.4 cm³/mol. The minimum atomic E-state index is -0.937. The van der Waals surface area contributed by atoms with Crippen LogP contribution in [0.4, 0.5) is 0 Å². The van der Waals surface area contributed by atoms with Gasteiger partial charge in [0.1, 0.15) is 5.75 Å². The zero-order valence-electron chi connectivity index (χ0n) is 11.4. The van der Waals surface area contributed by atoms with Crippen LogP contribution in [0.25, 0.3) is 0 Å². The van der Waals surface area contributed by atoms with Crippen LogP contribution >= 0.6 is 0 Å². The first kappa shape index (κ1) is 15.5. The normalized spacial score (nSPS) is 12.1. The number of carboxylic acid groups (broad SMARTS) is 1. The van der Waals surface area contributed by atoms with Gasteiger partial charge in [-0.2, -0.15) is 0 Å². The van der Waals surface area contributed by atoms with Crippen molar-refractivity contribution >= 4 is 5.97 Å². The first-order valence-electron chi connectivity index (χ1n) is 6.35. The molecule has 0 saturated heterocycles. The van der Waals surface area contributed by atoms with E-state index in [-0.39, 0.29) is 0 Å². The number of ether oxygens (including phenoxy) is 2. The van der Waals surface area contributed by atoms with Crippen LogP contribution < -0.4 is 10.1 Å². The number of hydrogen-bond acceptors (Lipinski definition) is 4. The van der Waals surface area contributed by atoms with Gasteiger partial charge in [-0.15, -0.1) is 0 Å². The molecule has 1 aromatic carbocycles. The number of hydrogen-bond donors (Lipinski definition) is 2. The molecule has 0 radical (unpaired) electrons. The van der Waals surface area contributed by atoms with Crippen molar-refractivity contribution in [2.24, 2.45) is 0 Å². The third-order valence-corrected chi connectivity index (χ3v) is 2.66. The van der Waals surface area contributed by atoms with Crippen LogP contribution in [0.3, 0.4) is 0 Å². The fraction of sp³-hybridized carbons (Fsp3) is 0.500. The summed E-state index contributed by atoms with van der Waals surface area (Å²) in [4.78, 5) is 10.9. The highest BCUT2D eigenvalue weighted by atomic mass is 16.5. The summed E-state index contributed by atoms with van der Waals surface area (Å²) in [7, 11) is 1.67. The van der Waals surface area contributed by atoms with Crippen molar-refractivity contribution in [3.05, 3.63) is 29.8 Å². The average Bonchev–Trinajstić information content (AvgIpc) is 2.42. The van der Waals surface area contributed by atoms with E-state index < -0.39 is 12.1 Å². The third kappa shape index (κ3) is 5.72. The first-order valence-corrected chi connectivity index (χ1v) is 6.35. The molecule has 1 atom stereocenters. The molecule has 0 fully saturated rings. The van der Waals surface area contributed by atoms with Crippen LogP contribution in [0, 0.1) is 0 Å². The summed E-state index contributed by atoms with van der Waals surface area (Å²) in [5.41, 5.74) is 1.12. The van der Waals surface area contributed by atoms with E-state index in [1.54, 1.807) is 26.2 Å². The van der Waals surface area contributed by atoms with Crippen LogP contribution in [0.1, 0.15) is 18.9 Å². The minimum Gasteiger partial charge on any atom is -0.479 e. The van der Waals surface area contributed by atoms with Gasteiger partial charge in [0.05, 0.1) is 6.61 Å². The van der Waals surface area contributed by atoms with Crippen molar-refractivity contribution in [2.45, 2.75) is 26.0 Å². The quantitative estimate of drug-likeness (QED) is 0.666. The van der Waals surface area contributed by atoms with Gasteiger partial charge in [0.2, 0.25) is 0 Å². The number of carboxylic acids is 1. The number of benzene rings is 1. The molecule has 19 heavy (non-hydrogen) atoms. The topological polar surface area (TPSA) is 67.8 Å². The van der Waals surface area contributed by atoms with Crippen molar-refractivity contribution in [1.82, 2.24) is 5.32 Å². The fourth-order valence-electron chi connectivity index (χ4n) is 1.57. The van der Waals surface area contributed by atoms with E-state index in [1.165, 1.54) is 0 Å². The fourth-order valence-corrected chi connectivity index (χ4v) is 1.57. The van der Waals surface area contributed by atoms with Crippen LogP contribution in [-0.2, 0) is 16.1 Å². The second-order valence-electron chi connectivity index (χ2n) is 4.17. The Balaban J connectivity index is 2.44. The zero-order valence-corrected chi connectivity index (χ0v) is 11.4. The molecular formula is C14H21NO4. The molecule has 0 amide bonds. The van der Waals surface area contributed by atoms with E-state index in [4.69, 9.17) is 14.6 Å². The van der Waals surface area contributed by atoms with Crippen LogP contribution in [0.15, 0.2) is 24.3 Å². The standard InChI is InChI=1S/C14H21NO4/c1-3-13(14(16)17)19-12-6-4-11(5-7-12)10-15-8-9-18-2/h4-7,13,15H,3,8-10H2,1-2H3,(H,16,17). The first-order chi connectivity index (χ1) is 9.17. The monoisotopic (exact) mass is 267 g/mol. The number of methoxy groups -OCH3 is 1. The lowest BCUT2D eigenvalue weighted by Crippen LogP contribution is -2.25. The summed E-state index contributed by atoms with van der Waals surface area (Å²) in [6.07, 6.45) is -0.346. The molecule has 0 aliphatic heterocycles. The van der Waals surface area contributed by atoms with Gasteiger partial charge in [-0.25, -0.2) is 4.79 Å². The van der Waals surface area contributed by atoms with Crippen molar-refractivity contribution in [1.29, 1.82) is 0 Å². The predicted octanol–water partition coefficient (Wildman–Crippen LogP) is 1.66. The van der Waals surface area contributed by atoms with Gasteiger partial charge in [-0.3, -0.25) is 0 Å². The van der Waals surface area contributed by atoms with Gasteiger partial charge in [-0.05, 0) is 24.1 Å². The number of nitrogens with one attached hydrogen (secondary N) is 1. The molecule has 1 aromatic rings. The summed E-state index contributed by atoms with van der Waals surface area (Å²) < 4.78 is 10.3. The molecule has 0 bridgehead atoms. The van der Waals surface area contributed by atoms with Crippen LogP contribution in [0.5, 0.6) is 5.75 Å². The van der Waals surface area contributed by atoms with Crippen LogP contribution in [0.2, 0.25) is 0 Å². The van der Waals surface area contributed by atoms with Gasteiger partial charge in [0, 0.05) is 20.2 Å². The van der Waals surface area contributed by atoms with E-state index in [0.29, 0.717) is 18.8 Å². The van der Waals surface area contributed by atoms with E-state index in [9.17, 15) is 4.79 Å². The zero-order chi connectivity index (χ0) is 14.1. The molecule has 106 valence electrons. The van der Waals surface area contributed by atoms with Gasteiger partial charge in [0.15, 0.2) is 6.10 Å². The van der Waals surface area contributed by atoms with E-state index in [1.807, 2.05) is 12.1 Å². The Kier molecular flexibility index (Phi) is 6.92. The largest absolute Gasteiger partial charge is 0.479 e. The molecule has 0 aliphatic rings. The molecule has 0 aliphatic carbocycles. The Hall–Kier alpha value is -1.59. The SMILES string of the molecule is CCC(Oc1ccc(CNCCOC)cc1)C(=O)O. The maximum Gasteiger partial charge on any atom is 0.344 e. The Morgan fingerprint density at radius 3 is 2.58 bits per heavy atom. The Morgan fingerprint density at radius 2 is 2.05 bits per heavy atom. The van der Waals surface area contributed by atoms with Gasteiger partial charge in [-0.1, -0.05) is 19.1 Å². The van der Waals surface area contributed by atoms with E-state index in [0.717, 1.165) is 18.7 Å². The lowest BCUT2D eigenvalue weighted by molar-refractivity contribution is -0.145. The summed E-state index contributed by atoms with van der Waals surface area (Å²) in [5.74, 6) is -0.359. The Labute approximate surface area is 113 Å². The van der Waals surface area contributed by atoms with Gasteiger partial charge >= 0.3 is 5.97 Å². The average molecular weight is 267 g/mol. The lowest BCUT2D eigenvalue weighted by Gasteiger charge is -2.13. The maximum absolute atomic E-state index is 10.9. The van der Waals surface area contributed by atoms with E-state index >= 15 is 0 Å². The number of aliphatic carboxylic acids is 1. The molecule has 1 unspecified atom stereocenters. The highest BCUT2D eigenvalue weighted by Crippen LogP contribution is 2.15. The molecule has 2 N–H and O–H groups in total.